The fourth-order valence-corrected chi connectivity index (χ4v) is 6.83. The summed E-state index contributed by atoms with van der Waals surface area (Å²) in [5, 5.41) is 0. The van der Waals surface area contributed by atoms with Gasteiger partial charge in [-0.25, -0.2) is 9.13 Å². The summed E-state index contributed by atoms with van der Waals surface area (Å²) in [7, 11) is 4.08. The first-order valence-electron chi connectivity index (χ1n) is 14.6. The van der Waals surface area contributed by atoms with E-state index in [1.54, 1.807) is 0 Å². The maximum Gasteiger partial charge on any atom is 0.248 e. The normalized spacial score (nSPS) is 15.7. The van der Waals surface area contributed by atoms with E-state index in [-0.39, 0.29) is 54.9 Å². The molecule has 0 spiro atoms. The fraction of sp³-hybridized carbons (Fsp3) is 0.211. The van der Waals surface area contributed by atoms with E-state index in [0.29, 0.717) is 0 Å². The molecule has 4 nitrogen and oxygen atoms in total. The van der Waals surface area contributed by atoms with E-state index in [4.69, 9.17) is 0 Å². The zero-order valence-electron chi connectivity index (χ0n) is 26.0. The van der Waals surface area contributed by atoms with Gasteiger partial charge in [0.1, 0.15) is 18.1 Å². The topological polar surface area (TPSA) is 15.3 Å². The van der Waals surface area contributed by atoms with Crippen LogP contribution in [-0.2, 0) is 38.0 Å². The van der Waals surface area contributed by atoms with Crippen molar-refractivity contribution in [1.82, 2.24) is 9.47 Å². The Balaban J connectivity index is 0.000000167. The first-order valence-corrected chi connectivity index (χ1v) is 14.6. The second kappa shape index (κ2) is 12.0. The molecular formula is C38H37IIrN4-2. The largest absolute Gasteiger partial charge is 1.00 e. The number of halogens is 1. The molecule has 6 heteroatoms. The number of hydrogen-bond acceptors (Lipinski definition) is 2. The molecule has 44 heavy (non-hydrogen) atoms. The van der Waals surface area contributed by atoms with Gasteiger partial charge in [-0.15, -0.1) is 22.9 Å². The molecule has 0 unspecified atom stereocenters. The third-order valence-corrected chi connectivity index (χ3v) is 9.18. The predicted molar refractivity (Wildman–Crippen MR) is 171 cm³/mol. The molecule has 0 bridgehead atoms. The van der Waals surface area contributed by atoms with Crippen molar-refractivity contribution in [3.63, 3.8) is 0 Å². The molecule has 5 aromatic rings. The fourth-order valence-electron chi connectivity index (χ4n) is 6.83. The Morgan fingerprint density at radius 3 is 1.91 bits per heavy atom. The number of fused-ring (bicyclic) bond motifs is 6. The molecule has 2 heterocycles. The number of aryl methyl sites for hydroxylation is 1. The summed E-state index contributed by atoms with van der Waals surface area (Å²) in [4.78, 5) is 4.15. The molecule has 0 amide bonds. The van der Waals surface area contributed by atoms with Crippen molar-refractivity contribution in [2.24, 2.45) is 7.05 Å². The number of aromatic nitrogens is 2. The molecule has 1 radical (unpaired) electrons. The minimum atomic E-state index is 0. The van der Waals surface area contributed by atoms with Crippen LogP contribution < -0.4 is 33.4 Å². The van der Waals surface area contributed by atoms with Crippen LogP contribution in [0.4, 0.5) is 5.69 Å². The summed E-state index contributed by atoms with van der Waals surface area (Å²) >= 11 is 0. The summed E-state index contributed by atoms with van der Waals surface area (Å²) in [5.41, 5.74) is 13.5. The molecule has 8 rings (SSSR count). The van der Waals surface area contributed by atoms with E-state index in [1.807, 2.05) is 25.2 Å². The van der Waals surface area contributed by atoms with Gasteiger partial charge in [-0.05, 0) is 70.9 Å². The molecule has 1 aromatic heterocycles. The van der Waals surface area contributed by atoms with Crippen LogP contribution in [0.5, 0.6) is 0 Å². The summed E-state index contributed by atoms with van der Waals surface area (Å²) in [6.45, 7) is 11.3. The standard InChI is InChI=1S/C19H19N2.C19H18N2.HI.Ir/c2*1-19(2)17-7-5-4-6-15(17)16-9-8-14(12-18(16)19)21-11-10-20(3)13-21;;/h4-13H,1-3H3;4-7,9-13H,1-3H3;1H;/q+1;-2;;/p-1. The molecule has 227 valence electrons. The van der Waals surface area contributed by atoms with E-state index < -0.39 is 0 Å². The van der Waals surface area contributed by atoms with Gasteiger partial charge in [-0.2, -0.15) is 18.8 Å². The Kier molecular flexibility index (Phi) is 8.75. The summed E-state index contributed by atoms with van der Waals surface area (Å²) in [6, 6.07) is 32.1. The first kappa shape index (κ1) is 32.2. The molecule has 4 aromatic carbocycles. The molecule has 0 saturated carbocycles. The van der Waals surface area contributed by atoms with Gasteiger partial charge in [0, 0.05) is 25.5 Å². The van der Waals surface area contributed by atoms with E-state index >= 15 is 0 Å². The second-order valence-electron chi connectivity index (χ2n) is 12.7. The van der Waals surface area contributed by atoms with Gasteiger partial charge in [0.15, 0.2) is 0 Å². The van der Waals surface area contributed by atoms with E-state index in [1.165, 1.54) is 50.2 Å². The monoisotopic (exact) mass is 869 g/mol. The van der Waals surface area contributed by atoms with Crippen molar-refractivity contribution in [3.8, 4) is 27.9 Å². The Morgan fingerprint density at radius 1 is 0.727 bits per heavy atom. The maximum atomic E-state index is 3.43. The summed E-state index contributed by atoms with van der Waals surface area (Å²) in [5.74, 6) is 0. The van der Waals surface area contributed by atoms with Crippen LogP contribution in [0, 0.1) is 12.7 Å². The van der Waals surface area contributed by atoms with Crippen LogP contribution in [0.1, 0.15) is 49.9 Å². The molecular weight excluding hydrogens is 832 g/mol. The SMILES string of the molecule is CN1C=CN(c2[c-]cc3c(c2)C(C)(C)c2ccccc2-3)[CH-]1.C[n+]1ccn(-c2ccc3c(c2)C(C)(C)c2ccccc2-3)c1.[I-].[Ir]. The van der Waals surface area contributed by atoms with Gasteiger partial charge in [0.05, 0.1) is 7.05 Å². The average molecular weight is 869 g/mol. The minimum Gasteiger partial charge on any atom is -1.00 e. The van der Waals surface area contributed by atoms with E-state index in [2.05, 4.69) is 158 Å². The molecule has 0 fully saturated rings. The summed E-state index contributed by atoms with van der Waals surface area (Å²) in [6.07, 6.45) is 10.4. The van der Waals surface area contributed by atoms with Crippen molar-refractivity contribution >= 4 is 5.69 Å². The number of anilines is 1. The molecule has 1 aliphatic heterocycles. The quantitative estimate of drug-likeness (QED) is 0.145. The number of hydrogen-bond donors (Lipinski definition) is 0. The number of nitrogens with zero attached hydrogens (tertiary/aromatic N) is 4. The molecule has 0 saturated heterocycles. The van der Waals surface area contributed by atoms with Crippen molar-refractivity contribution in [3.05, 3.63) is 145 Å². The second-order valence-corrected chi connectivity index (χ2v) is 12.7. The smallest absolute Gasteiger partial charge is 0.248 e. The van der Waals surface area contributed by atoms with Crippen molar-refractivity contribution in [2.45, 2.75) is 38.5 Å². The van der Waals surface area contributed by atoms with Crippen LogP contribution in [-0.4, -0.2) is 16.5 Å². The number of imidazole rings is 1. The third kappa shape index (κ3) is 5.25. The van der Waals surface area contributed by atoms with E-state index in [0.717, 1.165) is 5.69 Å². The van der Waals surface area contributed by atoms with Crippen LogP contribution >= 0.6 is 0 Å². The zero-order chi connectivity index (χ0) is 29.2. The first-order chi connectivity index (χ1) is 20.1. The van der Waals surface area contributed by atoms with Crippen LogP contribution in [0.2, 0.25) is 0 Å². The zero-order valence-corrected chi connectivity index (χ0v) is 30.5. The Bertz CT molecular complexity index is 1870. The number of rotatable bonds is 2. The van der Waals surface area contributed by atoms with Crippen molar-refractivity contribution in [1.29, 1.82) is 0 Å². The molecule has 0 N–H and O–H groups in total. The maximum absolute atomic E-state index is 3.43. The van der Waals surface area contributed by atoms with Crippen LogP contribution in [0.15, 0.2) is 110 Å². The van der Waals surface area contributed by atoms with Gasteiger partial charge in [-0.1, -0.05) is 81.8 Å². The van der Waals surface area contributed by atoms with E-state index in [9.17, 15) is 0 Å². The van der Waals surface area contributed by atoms with Gasteiger partial charge in [0.2, 0.25) is 6.33 Å². The van der Waals surface area contributed by atoms with Gasteiger partial charge in [-0.3, -0.25) is 0 Å². The molecule has 2 aliphatic carbocycles. The third-order valence-electron chi connectivity index (χ3n) is 9.18. The minimum absolute atomic E-state index is 0. The van der Waals surface area contributed by atoms with Gasteiger partial charge < -0.3 is 33.8 Å². The molecule has 3 aliphatic rings. The number of benzene rings is 4. The summed E-state index contributed by atoms with van der Waals surface area (Å²) < 4.78 is 4.23. The van der Waals surface area contributed by atoms with Gasteiger partial charge >= 0.3 is 0 Å². The van der Waals surface area contributed by atoms with Crippen molar-refractivity contribution < 1.29 is 48.6 Å². The van der Waals surface area contributed by atoms with Crippen LogP contribution in [0.3, 0.4) is 0 Å². The van der Waals surface area contributed by atoms with Crippen molar-refractivity contribution in [2.75, 3.05) is 11.9 Å². The Labute approximate surface area is 292 Å². The molecule has 0 atom stereocenters. The van der Waals surface area contributed by atoms with Crippen LogP contribution in [0.25, 0.3) is 27.9 Å². The predicted octanol–water partition coefficient (Wildman–Crippen LogP) is 4.74. The average Bonchev–Trinajstić information content (AvgIpc) is 3.74. The Morgan fingerprint density at radius 2 is 1.32 bits per heavy atom. The Hall–Kier alpha value is -3.19. The van der Waals surface area contributed by atoms with Gasteiger partial charge in [0.25, 0.3) is 0 Å².